The lowest BCUT2D eigenvalue weighted by Gasteiger charge is -2.31. The van der Waals surface area contributed by atoms with Crippen molar-refractivity contribution in [3.05, 3.63) is 62.2 Å². The van der Waals surface area contributed by atoms with Gasteiger partial charge in [-0.3, -0.25) is 9.59 Å². The highest BCUT2D eigenvalue weighted by Gasteiger charge is 2.24. The molecule has 1 amide bonds. The SMILES string of the molecule is CC(C)(CO)CN(CCNCCc1ccc(O)c2[nH]c(=O)sc12)C(=O)CCNCCc1cccc(Cl)c1. The van der Waals surface area contributed by atoms with Gasteiger partial charge in [0.05, 0.1) is 4.70 Å². The number of aromatic nitrogens is 1. The van der Waals surface area contributed by atoms with Crippen molar-refractivity contribution in [1.29, 1.82) is 0 Å². The van der Waals surface area contributed by atoms with Gasteiger partial charge in [0.25, 0.3) is 0 Å². The predicted octanol–water partition coefficient (Wildman–Crippen LogP) is 3.15. The number of phenols is 1. The van der Waals surface area contributed by atoms with Crippen molar-refractivity contribution in [3.63, 3.8) is 0 Å². The molecule has 37 heavy (non-hydrogen) atoms. The Morgan fingerprint density at radius 3 is 2.62 bits per heavy atom. The monoisotopic (exact) mass is 548 g/mol. The first kappa shape index (κ1) is 29.1. The number of aromatic amines is 1. The summed E-state index contributed by atoms with van der Waals surface area (Å²) >= 11 is 7.13. The number of thiazole rings is 1. The second kappa shape index (κ2) is 13.9. The molecule has 3 aromatic rings. The lowest BCUT2D eigenvalue weighted by atomic mass is 9.94. The van der Waals surface area contributed by atoms with Gasteiger partial charge < -0.3 is 30.7 Å². The molecule has 0 radical (unpaired) electrons. The third kappa shape index (κ3) is 9.12. The highest BCUT2D eigenvalue weighted by molar-refractivity contribution is 7.16. The van der Waals surface area contributed by atoms with Crippen LogP contribution in [0, 0.1) is 5.41 Å². The number of fused-ring (bicyclic) bond motifs is 1. The Labute approximate surface area is 226 Å². The van der Waals surface area contributed by atoms with Gasteiger partial charge in [-0.25, -0.2) is 0 Å². The molecule has 0 aliphatic heterocycles. The number of aliphatic hydroxyl groups excluding tert-OH is 1. The van der Waals surface area contributed by atoms with E-state index in [1.165, 1.54) is 0 Å². The number of phenolic OH excluding ortho intramolecular Hbond substituents is 1. The molecule has 0 aliphatic rings. The lowest BCUT2D eigenvalue weighted by molar-refractivity contribution is -0.132. The highest BCUT2D eigenvalue weighted by Crippen LogP contribution is 2.27. The van der Waals surface area contributed by atoms with Gasteiger partial charge in [0.15, 0.2) is 0 Å². The van der Waals surface area contributed by atoms with E-state index in [-0.39, 0.29) is 28.6 Å². The molecule has 0 aliphatic carbocycles. The zero-order valence-corrected chi connectivity index (χ0v) is 23.1. The molecule has 0 atom stereocenters. The molecule has 3 rings (SSSR count). The maximum absolute atomic E-state index is 13.0. The number of carbonyl (C=O) groups excluding carboxylic acids is 1. The number of halogens is 1. The fourth-order valence-corrected chi connectivity index (χ4v) is 5.20. The van der Waals surface area contributed by atoms with E-state index in [1.807, 2.05) is 49.1 Å². The average Bonchev–Trinajstić information content (AvgIpc) is 3.26. The summed E-state index contributed by atoms with van der Waals surface area (Å²) in [5.41, 5.74) is 2.24. The summed E-state index contributed by atoms with van der Waals surface area (Å²) in [6.45, 7) is 7.53. The molecule has 5 N–H and O–H groups in total. The predicted molar refractivity (Wildman–Crippen MR) is 151 cm³/mol. The van der Waals surface area contributed by atoms with E-state index in [0.717, 1.165) is 45.2 Å². The molecule has 10 heteroatoms. The van der Waals surface area contributed by atoms with Gasteiger partial charge in [0.2, 0.25) is 5.91 Å². The van der Waals surface area contributed by atoms with Crippen LogP contribution in [-0.4, -0.2) is 71.9 Å². The number of benzene rings is 2. The Bertz CT molecular complexity index is 1230. The second-order valence-corrected chi connectivity index (χ2v) is 11.4. The molecular weight excluding hydrogens is 512 g/mol. The van der Waals surface area contributed by atoms with E-state index in [2.05, 4.69) is 15.6 Å². The first-order valence-corrected chi connectivity index (χ1v) is 13.8. The van der Waals surface area contributed by atoms with Crippen molar-refractivity contribution >= 4 is 39.1 Å². The van der Waals surface area contributed by atoms with Crippen LogP contribution in [-0.2, 0) is 17.6 Å². The lowest BCUT2D eigenvalue weighted by Crippen LogP contribution is -2.44. The van der Waals surface area contributed by atoms with E-state index in [1.54, 1.807) is 6.07 Å². The van der Waals surface area contributed by atoms with Gasteiger partial charge in [0, 0.05) is 49.6 Å². The van der Waals surface area contributed by atoms with Gasteiger partial charge in [0.1, 0.15) is 11.3 Å². The Hall–Kier alpha value is -2.43. The summed E-state index contributed by atoms with van der Waals surface area (Å²) in [5.74, 6) is 0.126. The van der Waals surface area contributed by atoms with Crippen LogP contribution in [0.25, 0.3) is 10.2 Å². The quantitative estimate of drug-likeness (QED) is 0.186. The summed E-state index contributed by atoms with van der Waals surface area (Å²) in [6.07, 6.45) is 1.92. The number of carbonyl (C=O) groups is 1. The van der Waals surface area contributed by atoms with Crippen LogP contribution in [0.2, 0.25) is 5.02 Å². The van der Waals surface area contributed by atoms with Gasteiger partial charge in [-0.05, 0) is 55.3 Å². The van der Waals surface area contributed by atoms with Crippen molar-refractivity contribution in [3.8, 4) is 5.75 Å². The molecule has 1 aromatic heterocycles. The van der Waals surface area contributed by atoms with Gasteiger partial charge >= 0.3 is 4.87 Å². The number of H-pyrrole nitrogens is 1. The normalized spacial score (nSPS) is 11.8. The first-order valence-electron chi connectivity index (χ1n) is 12.6. The third-order valence-electron chi connectivity index (χ3n) is 6.16. The van der Waals surface area contributed by atoms with Crippen molar-refractivity contribution in [1.82, 2.24) is 20.5 Å². The number of hydrogen-bond donors (Lipinski definition) is 5. The van der Waals surface area contributed by atoms with Crippen molar-refractivity contribution < 1.29 is 15.0 Å². The number of nitrogens with one attached hydrogen (secondary N) is 3. The molecule has 0 fully saturated rings. The summed E-state index contributed by atoms with van der Waals surface area (Å²) in [4.78, 5) is 29.0. The van der Waals surface area contributed by atoms with E-state index in [4.69, 9.17) is 11.6 Å². The maximum atomic E-state index is 13.0. The molecule has 0 saturated heterocycles. The summed E-state index contributed by atoms with van der Waals surface area (Å²) < 4.78 is 0.774. The zero-order chi connectivity index (χ0) is 26.8. The molecule has 8 nitrogen and oxygen atoms in total. The Morgan fingerprint density at radius 2 is 1.86 bits per heavy atom. The van der Waals surface area contributed by atoms with Crippen LogP contribution in [0.15, 0.2) is 41.2 Å². The minimum absolute atomic E-state index is 0.00151. The summed E-state index contributed by atoms with van der Waals surface area (Å²) in [7, 11) is 0. The Balaban J connectivity index is 1.44. The number of hydrogen-bond acceptors (Lipinski definition) is 7. The van der Waals surface area contributed by atoms with Crippen LogP contribution in [0.5, 0.6) is 5.75 Å². The zero-order valence-electron chi connectivity index (χ0n) is 21.5. The fraction of sp³-hybridized carbons (Fsp3) is 0.481. The van der Waals surface area contributed by atoms with E-state index in [9.17, 15) is 19.8 Å². The van der Waals surface area contributed by atoms with Crippen molar-refractivity contribution in [2.45, 2.75) is 33.1 Å². The number of aliphatic hydroxyl groups is 1. The van der Waals surface area contributed by atoms with Gasteiger partial charge in [-0.15, -0.1) is 0 Å². The summed E-state index contributed by atoms with van der Waals surface area (Å²) in [6, 6.07) is 11.2. The van der Waals surface area contributed by atoms with Gasteiger partial charge in [-0.2, -0.15) is 0 Å². The standard InChI is InChI=1S/C27H37ClN4O4S/c1-27(2,18-33)17-32(23(35)10-13-29-11-8-19-4-3-5-21(28)16-19)15-14-30-12-9-20-6-7-22(34)24-25(20)37-26(36)31-24/h3-7,16,29-30,33-34H,8-15,17-18H2,1-2H3,(H,31,36). The number of aromatic hydroxyl groups is 1. The highest BCUT2D eigenvalue weighted by atomic mass is 35.5. The van der Waals surface area contributed by atoms with Crippen molar-refractivity contribution in [2.75, 3.05) is 45.9 Å². The molecule has 0 bridgehead atoms. The largest absolute Gasteiger partial charge is 0.506 e. The first-order chi connectivity index (χ1) is 17.7. The maximum Gasteiger partial charge on any atom is 0.305 e. The van der Waals surface area contributed by atoms with Crippen molar-refractivity contribution in [2.24, 2.45) is 5.41 Å². The molecule has 1 heterocycles. The van der Waals surface area contributed by atoms with Gasteiger partial charge in [-0.1, -0.05) is 55.0 Å². The molecular formula is C27H37ClN4O4S. The minimum Gasteiger partial charge on any atom is -0.506 e. The number of nitrogens with zero attached hydrogens (tertiary/aromatic N) is 1. The van der Waals surface area contributed by atoms with Crippen LogP contribution in [0.4, 0.5) is 0 Å². The summed E-state index contributed by atoms with van der Waals surface area (Å²) in [5, 5.41) is 27.1. The fourth-order valence-electron chi connectivity index (χ4n) is 4.09. The average molecular weight is 549 g/mol. The van der Waals surface area contributed by atoms with Crippen LogP contribution >= 0.6 is 22.9 Å². The van der Waals surface area contributed by atoms with E-state index >= 15 is 0 Å². The third-order valence-corrected chi connectivity index (χ3v) is 7.36. The van der Waals surface area contributed by atoms with Crippen LogP contribution < -0.4 is 15.5 Å². The van der Waals surface area contributed by atoms with Crippen LogP contribution in [0.3, 0.4) is 0 Å². The molecule has 2 aromatic carbocycles. The number of amides is 1. The van der Waals surface area contributed by atoms with E-state index in [0.29, 0.717) is 51.1 Å². The molecule has 202 valence electrons. The second-order valence-electron chi connectivity index (χ2n) is 9.98. The smallest absolute Gasteiger partial charge is 0.305 e. The molecule has 0 spiro atoms. The Kier molecular flexibility index (Phi) is 11.0. The number of rotatable bonds is 15. The Morgan fingerprint density at radius 1 is 1.11 bits per heavy atom. The van der Waals surface area contributed by atoms with Crippen LogP contribution in [0.1, 0.15) is 31.4 Å². The van der Waals surface area contributed by atoms with E-state index < -0.39 is 0 Å². The molecule has 0 saturated carbocycles. The topological polar surface area (TPSA) is 118 Å². The molecule has 0 unspecified atom stereocenters. The minimum atomic E-state index is -0.390.